The fourth-order valence-electron chi connectivity index (χ4n) is 2.92. The molecule has 0 spiro atoms. The lowest BCUT2D eigenvalue weighted by molar-refractivity contribution is 0.589. The summed E-state index contributed by atoms with van der Waals surface area (Å²) < 4.78 is 0. The number of hydrogen-bond acceptors (Lipinski definition) is 2. The van der Waals surface area contributed by atoms with E-state index in [1.165, 1.54) is 22.3 Å². The third-order valence-corrected chi connectivity index (χ3v) is 4.24. The molecule has 0 saturated heterocycles. The number of nitrogens with one attached hydrogen (secondary N) is 1. The van der Waals surface area contributed by atoms with Gasteiger partial charge in [-0.3, -0.25) is 4.98 Å². The van der Waals surface area contributed by atoms with E-state index in [0.717, 1.165) is 12.2 Å². The zero-order chi connectivity index (χ0) is 16.1. The molecule has 116 valence electrons. The van der Waals surface area contributed by atoms with E-state index in [1.807, 2.05) is 24.4 Å². The van der Waals surface area contributed by atoms with Crippen LogP contribution in [0.1, 0.15) is 34.0 Å². The fourth-order valence-corrected chi connectivity index (χ4v) is 2.92. The molecule has 2 nitrogen and oxygen atoms in total. The highest BCUT2D eigenvalue weighted by Crippen LogP contribution is 2.22. The standard InChI is InChI=1S/C21H22N2/c1-16-9-8-10-17(2)19(16)15-23-21(18-11-4-3-5-12-18)20-13-6-7-14-22-20/h3-14,21,23H,15H2,1-2H3/t21-/m0/s1. The van der Waals surface area contributed by atoms with Crippen molar-refractivity contribution in [2.24, 2.45) is 0 Å². The quantitative estimate of drug-likeness (QED) is 0.746. The van der Waals surface area contributed by atoms with E-state index in [9.17, 15) is 0 Å². The minimum Gasteiger partial charge on any atom is -0.301 e. The Bertz CT molecular complexity index is 692. The molecule has 1 heterocycles. The van der Waals surface area contributed by atoms with Crippen LogP contribution in [-0.2, 0) is 6.54 Å². The van der Waals surface area contributed by atoms with Crippen molar-refractivity contribution in [3.8, 4) is 0 Å². The Balaban J connectivity index is 1.88. The van der Waals surface area contributed by atoms with Crippen LogP contribution in [0.4, 0.5) is 0 Å². The Morgan fingerprint density at radius 1 is 0.826 bits per heavy atom. The van der Waals surface area contributed by atoms with E-state index in [-0.39, 0.29) is 6.04 Å². The molecule has 0 aliphatic rings. The second-order valence-electron chi connectivity index (χ2n) is 5.85. The smallest absolute Gasteiger partial charge is 0.0754 e. The summed E-state index contributed by atoms with van der Waals surface area (Å²) in [5.41, 5.74) is 6.29. The van der Waals surface area contributed by atoms with Crippen molar-refractivity contribution in [1.82, 2.24) is 10.3 Å². The predicted molar refractivity (Wildman–Crippen MR) is 95.3 cm³/mol. The van der Waals surface area contributed by atoms with Crippen molar-refractivity contribution < 1.29 is 0 Å². The molecular weight excluding hydrogens is 280 g/mol. The molecule has 2 heteroatoms. The summed E-state index contributed by atoms with van der Waals surface area (Å²) in [5, 5.41) is 3.69. The number of pyridine rings is 1. The van der Waals surface area contributed by atoms with E-state index in [4.69, 9.17) is 0 Å². The van der Waals surface area contributed by atoms with Gasteiger partial charge in [0.05, 0.1) is 11.7 Å². The van der Waals surface area contributed by atoms with Gasteiger partial charge in [0.25, 0.3) is 0 Å². The first-order valence-corrected chi connectivity index (χ1v) is 8.00. The van der Waals surface area contributed by atoms with Gasteiger partial charge in [0.1, 0.15) is 0 Å². The van der Waals surface area contributed by atoms with Crippen molar-refractivity contribution >= 4 is 0 Å². The van der Waals surface area contributed by atoms with Crippen LogP contribution in [0.15, 0.2) is 72.9 Å². The molecule has 0 fully saturated rings. The average molecular weight is 302 g/mol. The molecule has 0 unspecified atom stereocenters. The minimum absolute atomic E-state index is 0.0939. The third-order valence-electron chi connectivity index (χ3n) is 4.24. The first kappa shape index (κ1) is 15.4. The second kappa shape index (κ2) is 7.21. The zero-order valence-corrected chi connectivity index (χ0v) is 13.7. The molecule has 2 aromatic carbocycles. The molecular formula is C21H22N2. The van der Waals surface area contributed by atoms with Gasteiger partial charge in [-0.15, -0.1) is 0 Å². The summed E-state index contributed by atoms with van der Waals surface area (Å²) in [6.45, 7) is 5.17. The number of aryl methyl sites for hydroxylation is 2. The molecule has 0 saturated carbocycles. The summed E-state index contributed by atoms with van der Waals surface area (Å²) >= 11 is 0. The first-order valence-electron chi connectivity index (χ1n) is 8.00. The van der Waals surface area contributed by atoms with Gasteiger partial charge in [-0.1, -0.05) is 54.6 Å². The molecule has 1 N–H and O–H groups in total. The number of nitrogens with zero attached hydrogens (tertiary/aromatic N) is 1. The van der Waals surface area contributed by atoms with Crippen molar-refractivity contribution in [2.75, 3.05) is 0 Å². The predicted octanol–water partition coefficient (Wildman–Crippen LogP) is 4.58. The fraction of sp³-hybridized carbons (Fsp3) is 0.190. The van der Waals surface area contributed by atoms with E-state index >= 15 is 0 Å². The Kier molecular flexibility index (Phi) is 4.84. The second-order valence-corrected chi connectivity index (χ2v) is 5.85. The Morgan fingerprint density at radius 2 is 1.52 bits per heavy atom. The Hall–Kier alpha value is -2.45. The van der Waals surface area contributed by atoms with Gasteiger partial charge >= 0.3 is 0 Å². The topological polar surface area (TPSA) is 24.9 Å². The highest BCUT2D eigenvalue weighted by Gasteiger charge is 2.15. The van der Waals surface area contributed by atoms with Crippen LogP contribution in [0.25, 0.3) is 0 Å². The van der Waals surface area contributed by atoms with Gasteiger partial charge in [-0.2, -0.15) is 0 Å². The van der Waals surface area contributed by atoms with Crippen LogP contribution in [0.2, 0.25) is 0 Å². The van der Waals surface area contributed by atoms with Gasteiger partial charge in [0.15, 0.2) is 0 Å². The molecule has 3 aromatic rings. The number of aromatic nitrogens is 1. The molecule has 1 aromatic heterocycles. The van der Waals surface area contributed by atoms with Gasteiger partial charge in [-0.25, -0.2) is 0 Å². The number of rotatable bonds is 5. The maximum Gasteiger partial charge on any atom is 0.0754 e. The van der Waals surface area contributed by atoms with Gasteiger partial charge in [-0.05, 0) is 48.2 Å². The van der Waals surface area contributed by atoms with Crippen molar-refractivity contribution in [2.45, 2.75) is 26.4 Å². The third kappa shape index (κ3) is 3.66. The van der Waals surface area contributed by atoms with Crippen molar-refractivity contribution in [3.05, 3.63) is 101 Å². The summed E-state index contributed by atoms with van der Waals surface area (Å²) in [6, 6.07) is 23.1. The van der Waals surface area contributed by atoms with Crippen LogP contribution >= 0.6 is 0 Å². The number of benzene rings is 2. The first-order chi connectivity index (χ1) is 11.3. The summed E-state index contributed by atoms with van der Waals surface area (Å²) in [6.07, 6.45) is 1.85. The molecule has 3 rings (SSSR count). The maximum absolute atomic E-state index is 4.55. The van der Waals surface area contributed by atoms with Crippen molar-refractivity contribution in [3.63, 3.8) is 0 Å². The minimum atomic E-state index is 0.0939. The monoisotopic (exact) mass is 302 g/mol. The lowest BCUT2D eigenvalue weighted by atomic mass is 10.00. The summed E-state index contributed by atoms with van der Waals surface area (Å²) in [5.74, 6) is 0. The van der Waals surface area contributed by atoms with Gasteiger partial charge in [0.2, 0.25) is 0 Å². The SMILES string of the molecule is Cc1cccc(C)c1CN[C@@H](c1ccccc1)c1ccccn1. The molecule has 0 aliphatic heterocycles. The summed E-state index contributed by atoms with van der Waals surface area (Å²) in [4.78, 5) is 4.55. The number of hydrogen-bond donors (Lipinski definition) is 1. The maximum atomic E-state index is 4.55. The van der Waals surface area contributed by atoms with E-state index in [1.54, 1.807) is 0 Å². The normalized spacial score (nSPS) is 12.1. The molecule has 0 radical (unpaired) electrons. The average Bonchev–Trinajstić information content (AvgIpc) is 2.59. The molecule has 0 bridgehead atoms. The van der Waals surface area contributed by atoms with Crippen LogP contribution in [-0.4, -0.2) is 4.98 Å². The molecule has 1 atom stereocenters. The van der Waals surface area contributed by atoms with Crippen LogP contribution < -0.4 is 5.32 Å². The zero-order valence-electron chi connectivity index (χ0n) is 13.7. The van der Waals surface area contributed by atoms with Crippen LogP contribution in [0.3, 0.4) is 0 Å². The molecule has 0 amide bonds. The highest BCUT2D eigenvalue weighted by atomic mass is 14.9. The van der Waals surface area contributed by atoms with Crippen LogP contribution in [0.5, 0.6) is 0 Å². The van der Waals surface area contributed by atoms with E-state index < -0.39 is 0 Å². The molecule has 0 aliphatic carbocycles. The van der Waals surface area contributed by atoms with Crippen molar-refractivity contribution in [1.29, 1.82) is 0 Å². The Labute approximate surface area is 138 Å². The van der Waals surface area contributed by atoms with Gasteiger partial charge in [0, 0.05) is 12.7 Å². The van der Waals surface area contributed by atoms with Gasteiger partial charge < -0.3 is 5.32 Å². The Morgan fingerprint density at radius 3 is 2.17 bits per heavy atom. The lowest BCUT2D eigenvalue weighted by Crippen LogP contribution is -2.23. The lowest BCUT2D eigenvalue weighted by Gasteiger charge is -2.20. The largest absolute Gasteiger partial charge is 0.301 e. The van der Waals surface area contributed by atoms with Crippen LogP contribution in [0, 0.1) is 13.8 Å². The van der Waals surface area contributed by atoms with E-state index in [2.05, 4.69) is 72.7 Å². The van der Waals surface area contributed by atoms with E-state index in [0.29, 0.717) is 0 Å². The highest BCUT2D eigenvalue weighted by molar-refractivity contribution is 5.34. The summed E-state index contributed by atoms with van der Waals surface area (Å²) in [7, 11) is 0. The molecule has 23 heavy (non-hydrogen) atoms.